The highest BCUT2D eigenvalue weighted by molar-refractivity contribution is 7.13. The van der Waals surface area contributed by atoms with Crippen molar-refractivity contribution in [1.29, 1.82) is 0 Å². The normalized spacial score (nSPS) is 19.0. The molecular weight excluding hydrogens is 710 g/mol. The number of thiazole rings is 1. The second-order valence-corrected chi connectivity index (χ2v) is 14.1. The number of likely N-dealkylation sites (N-methyl/N-ethyl adjacent to an activating group) is 1. The van der Waals surface area contributed by atoms with Crippen LogP contribution in [0.25, 0.3) is 10.9 Å². The summed E-state index contributed by atoms with van der Waals surface area (Å²) in [7, 11) is 2.07. The first-order chi connectivity index (χ1) is 24.1. The van der Waals surface area contributed by atoms with Crippen LogP contribution in [-0.2, 0) is 27.3 Å². The van der Waals surface area contributed by atoms with Crippen molar-refractivity contribution in [3.63, 3.8) is 0 Å². The molecular formula is C32H36ClN7O10S. The number of halogens is 1. The quantitative estimate of drug-likeness (QED) is 0.123. The Hall–Kier alpha value is -4.91. The fourth-order valence-corrected chi connectivity index (χ4v) is 7.31. The third-order valence-corrected chi connectivity index (χ3v) is 9.92. The molecule has 2 aliphatic rings. The molecule has 0 bridgehead atoms. The number of aryl methyl sites for hydroxylation is 1. The molecule has 6 rings (SSSR count). The number of carbonyl (C=O) groups is 5. The molecule has 51 heavy (non-hydrogen) atoms. The number of hydrogen-bond acceptors (Lipinski definition) is 12. The van der Waals surface area contributed by atoms with Crippen LogP contribution in [0.3, 0.4) is 0 Å². The van der Waals surface area contributed by atoms with Crippen molar-refractivity contribution in [2.45, 2.75) is 75.6 Å². The van der Waals surface area contributed by atoms with Crippen molar-refractivity contribution in [1.82, 2.24) is 35.7 Å². The molecule has 4 heterocycles. The molecule has 1 saturated carbocycles. The van der Waals surface area contributed by atoms with Crippen LogP contribution in [0.4, 0.5) is 0 Å². The lowest BCUT2D eigenvalue weighted by atomic mass is 9.82. The van der Waals surface area contributed by atoms with E-state index in [-0.39, 0.29) is 29.8 Å². The van der Waals surface area contributed by atoms with Gasteiger partial charge in [0.2, 0.25) is 11.8 Å². The van der Waals surface area contributed by atoms with Gasteiger partial charge in [0, 0.05) is 59.2 Å². The number of rotatable bonds is 10. The largest absolute Gasteiger partial charge is 0.481 e. The highest BCUT2D eigenvalue weighted by Crippen LogP contribution is 2.33. The van der Waals surface area contributed by atoms with E-state index in [0.717, 1.165) is 47.4 Å². The van der Waals surface area contributed by atoms with Crippen LogP contribution in [0.1, 0.15) is 80.7 Å². The minimum atomic E-state index is -2.74. The molecule has 4 aromatic rings. The van der Waals surface area contributed by atoms with Gasteiger partial charge in [-0.1, -0.05) is 11.6 Å². The van der Waals surface area contributed by atoms with Crippen molar-refractivity contribution in [2.75, 3.05) is 13.6 Å². The third-order valence-electron chi connectivity index (χ3n) is 8.60. The molecule has 3 atom stereocenters. The fraction of sp³-hybridized carbons (Fsp3) is 0.438. The summed E-state index contributed by atoms with van der Waals surface area (Å²) in [5.74, 6) is -4.42. The summed E-state index contributed by atoms with van der Waals surface area (Å²) < 4.78 is 5.70. The molecule has 272 valence electrons. The number of benzene rings is 1. The molecule has 19 heteroatoms. The smallest absolute Gasteiger partial charge is 0.336 e. The van der Waals surface area contributed by atoms with Gasteiger partial charge in [-0.3, -0.25) is 19.2 Å². The molecule has 1 aliphatic carbocycles. The summed E-state index contributed by atoms with van der Waals surface area (Å²) in [5, 5.41) is 50.2. The average molecular weight is 746 g/mol. The number of nitrogens with one attached hydrogen (secondary N) is 3. The van der Waals surface area contributed by atoms with Gasteiger partial charge in [0.05, 0.1) is 24.6 Å². The molecule has 0 saturated heterocycles. The van der Waals surface area contributed by atoms with Crippen LogP contribution < -0.4 is 10.6 Å². The van der Waals surface area contributed by atoms with Crippen molar-refractivity contribution in [3.8, 4) is 0 Å². The maximum atomic E-state index is 13.4. The SMILES string of the molecule is Cc1nnc([C@H]2CC[C@H](NC(=O)c3cc4cc(Cl)ccc4[nH]3)[C@H](NC(=O)c3nc4c(s3)CN(C)CC4)C2)o1.O=C(O)CC(O)(CC(=O)O)C(=O)O. The van der Waals surface area contributed by atoms with Crippen molar-refractivity contribution < 1.29 is 48.8 Å². The summed E-state index contributed by atoms with van der Waals surface area (Å²) in [4.78, 5) is 68.2. The van der Waals surface area contributed by atoms with Gasteiger partial charge in [-0.05, 0) is 50.6 Å². The number of fused-ring (bicyclic) bond motifs is 2. The van der Waals surface area contributed by atoms with Gasteiger partial charge < -0.3 is 45.4 Å². The van der Waals surface area contributed by atoms with E-state index in [1.807, 2.05) is 12.1 Å². The van der Waals surface area contributed by atoms with E-state index in [4.69, 9.17) is 36.4 Å². The number of carboxylic acids is 3. The molecule has 17 nitrogen and oxygen atoms in total. The number of hydrogen-bond donors (Lipinski definition) is 7. The predicted molar refractivity (Wildman–Crippen MR) is 181 cm³/mol. The van der Waals surface area contributed by atoms with E-state index in [9.17, 15) is 24.0 Å². The lowest BCUT2D eigenvalue weighted by Gasteiger charge is -2.35. The van der Waals surface area contributed by atoms with Crippen molar-refractivity contribution in [2.24, 2.45) is 0 Å². The highest BCUT2D eigenvalue weighted by atomic mass is 35.5. The average Bonchev–Trinajstić information content (AvgIpc) is 3.79. The van der Waals surface area contributed by atoms with Crippen LogP contribution >= 0.6 is 22.9 Å². The Bertz CT molecular complexity index is 1940. The number of H-pyrrole nitrogens is 1. The first-order valence-corrected chi connectivity index (χ1v) is 17.1. The number of aliphatic hydroxyl groups is 1. The number of nitrogens with zero attached hydrogens (tertiary/aromatic N) is 4. The van der Waals surface area contributed by atoms with Gasteiger partial charge in [0.1, 0.15) is 5.69 Å². The van der Waals surface area contributed by atoms with Crippen molar-refractivity contribution >= 4 is 63.6 Å². The molecule has 7 N–H and O–H groups in total. The summed E-state index contributed by atoms with van der Waals surface area (Å²) in [6, 6.07) is 6.62. The standard InChI is InChI=1S/C26H28ClN7O3S.C6H8O7/c1-13-32-33-25(37-13)14-3-5-18(29-23(35)21-11-15-9-16(27)4-6-17(15)28-21)20(10-14)30-24(36)26-31-19-7-8-34(2)12-22(19)38-26;7-3(8)1-6(13,5(11)12)2-4(9)10/h4,6,9,11,14,18,20,28H,3,5,7-8,10,12H2,1-2H3,(H,29,35)(H,30,36);13H,1-2H2,(H,7,8)(H,9,10)(H,11,12)/t14-,18-,20+;/m0./s1. The van der Waals surface area contributed by atoms with Crippen LogP contribution in [0.5, 0.6) is 0 Å². The maximum absolute atomic E-state index is 13.4. The Labute approximate surface area is 299 Å². The van der Waals surface area contributed by atoms with E-state index in [1.54, 1.807) is 19.1 Å². The number of aromatic nitrogens is 4. The van der Waals surface area contributed by atoms with Gasteiger partial charge in [-0.15, -0.1) is 21.5 Å². The third kappa shape index (κ3) is 9.26. The molecule has 0 spiro atoms. The van der Waals surface area contributed by atoms with Gasteiger partial charge in [0.25, 0.3) is 11.8 Å². The first-order valence-electron chi connectivity index (χ1n) is 15.9. The summed E-state index contributed by atoms with van der Waals surface area (Å²) in [5.41, 5.74) is -0.459. The van der Waals surface area contributed by atoms with Crippen LogP contribution in [0, 0.1) is 6.92 Å². The van der Waals surface area contributed by atoms with Gasteiger partial charge in [-0.25, -0.2) is 9.78 Å². The zero-order valence-electron chi connectivity index (χ0n) is 27.5. The Morgan fingerprint density at radius 2 is 1.75 bits per heavy atom. The molecule has 2 amide bonds. The minimum Gasteiger partial charge on any atom is -0.481 e. The summed E-state index contributed by atoms with van der Waals surface area (Å²) in [6.45, 7) is 3.49. The number of carboxylic acid groups (broad SMARTS) is 3. The maximum Gasteiger partial charge on any atom is 0.336 e. The summed E-state index contributed by atoms with van der Waals surface area (Å²) in [6.07, 6.45) is 0.511. The molecule has 0 unspecified atom stereocenters. The lowest BCUT2D eigenvalue weighted by Crippen LogP contribution is -2.54. The van der Waals surface area contributed by atoms with E-state index < -0.39 is 36.4 Å². The lowest BCUT2D eigenvalue weighted by molar-refractivity contribution is -0.170. The van der Waals surface area contributed by atoms with E-state index >= 15 is 0 Å². The topological polar surface area (TPSA) is 261 Å². The van der Waals surface area contributed by atoms with E-state index in [0.29, 0.717) is 40.3 Å². The number of carbonyl (C=O) groups excluding carboxylic acids is 2. The zero-order chi connectivity index (χ0) is 37.0. The molecule has 1 aromatic carbocycles. The fourth-order valence-electron chi connectivity index (χ4n) is 6.04. The zero-order valence-corrected chi connectivity index (χ0v) is 29.1. The Balaban J connectivity index is 0.000000332. The number of aromatic amines is 1. The Morgan fingerprint density at radius 3 is 2.39 bits per heavy atom. The Morgan fingerprint density at radius 1 is 1.04 bits per heavy atom. The second kappa shape index (κ2) is 15.5. The number of amides is 2. The molecule has 0 radical (unpaired) electrons. The molecule has 3 aromatic heterocycles. The highest BCUT2D eigenvalue weighted by Gasteiger charge is 2.41. The van der Waals surface area contributed by atoms with Crippen LogP contribution in [-0.4, -0.2) is 106 Å². The first kappa shape index (κ1) is 37.3. The van der Waals surface area contributed by atoms with Gasteiger partial charge in [0.15, 0.2) is 10.6 Å². The van der Waals surface area contributed by atoms with E-state index in [2.05, 4.69) is 42.7 Å². The monoisotopic (exact) mass is 745 g/mol. The molecule has 1 aliphatic heterocycles. The van der Waals surface area contributed by atoms with Gasteiger partial charge >= 0.3 is 17.9 Å². The van der Waals surface area contributed by atoms with Crippen LogP contribution in [0.15, 0.2) is 28.7 Å². The summed E-state index contributed by atoms with van der Waals surface area (Å²) >= 11 is 7.55. The van der Waals surface area contributed by atoms with Crippen LogP contribution in [0.2, 0.25) is 5.02 Å². The minimum absolute atomic E-state index is 0.0111. The van der Waals surface area contributed by atoms with E-state index in [1.165, 1.54) is 11.3 Å². The van der Waals surface area contributed by atoms with Crippen molar-refractivity contribution in [3.05, 3.63) is 62.3 Å². The predicted octanol–water partition coefficient (Wildman–Crippen LogP) is 2.57. The Kier molecular flexibility index (Phi) is 11.4. The number of aliphatic carboxylic acids is 3. The second-order valence-electron chi connectivity index (χ2n) is 12.6. The van der Waals surface area contributed by atoms with Gasteiger partial charge in [-0.2, -0.15) is 0 Å². The molecule has 1 fully saturated rings.